The maximum Gasteiger partial charge on any atom is 0.339 e. The third-order valence-electron chi connectivity index (χ3n) is 2.19. The molecule has 0 aliphatic heterocycles. The molecule has 17 heavy (non-hydrogen) atoms. The SMILES string of the molecule is CCOC(=O)c1ccc(OCCC(C)C)nc1. The Bertz CT molecular complexity index is 346. The van der Waals surface area contributed by atoms with E-state index in [4.69, 9.17) is 9.47 Å². The zero-order chi connectivity index (χ0) is 12.7. The highest BCUT2D eigenvalue weighted by molar-refractivity contribution is 5.89. The number of aromatic nitrogens is 1. The predicted molar refractivity (Wildman–Crippen MR) is 65.1 cm³/mol. The van der Waals surface area contributed by atoms with Crippen molar-refractivity contribution in [3.8, 4) is 5.88 Å². The van der Waals surface area contributed by atoms with Gasteiger partial charge in [0.25, 0.3) is 0 Å². The van der Waals surface area contributed by atoms with Gasteiger partial charge in [-0.1, -0.05) is 13.8 Å². The van der Waals surface area contributed by atoms with E-state index in [1.807, 2.05) is 0 Å². The average molecular weight is 237 g/mol. The normalized spacial score (nSPS) is 10.4. The molecule has 0 aliphatic carbocycles. The fourth-order valence-corrected chi connectivity index (χ4v) is 1.20. The van der Waals surface area contributed by atoms with E-state index >= 15 is 0 Å². The Balaban J connectivity index is 2.47. The molecule has 0 unspecified atom stereocenters. The molecule has 0 aromatic carbocycles. The minimum absolute atomic E-state index is 0.353. The van der Waals surface area contributed by atoms with Crippen molar-refractivity contribution in [2.24, 2.45) is 5.92 Å². The number of carbonyl (C=O) groups excluding carboxylic acids is 1. The van der Waals surface area contributed by atoms with Crippen LogP contribution in [0.4, 0.5) is 0 Å². The zero-order valence-corrected chi connectivity index (χ0v) is 10.6. The minimum atomic E-state index is -0.353. The molecule has 1 rings (SSSR count). The fraction of sp³-hybridized carbons (Fsp3) is 0.538. The van der Waals surface area contributed by atoms with Gasteiger partial charge in [0, 0.05) is 12.3 Å². The van der Waals surface area contributed by atoms with Crippen LogP contribution in [0.2, 0.25) is 0 Å². The second kappa shape index (κ2) is 6.89. The summed E-state index contributed by atoms with van der Waals surface area (Å²) in [5, 5.41) is 0. The Kier molecular flexibility index (Phi) is 5.46. The number of hydrogen-bond donors (Lipinski definition) is 0. The molecule has 0 saturated carbocycles. The molecule has 94 valence electrons. The van der Waals surface area contributed by atoms with Crippen LogP contribution in [0.15, 0.2) is 18.3 Å². The Hall–Kier alpha value is -1.58. The van der Waals surface area contributed by atoms with Crippen molar-refractivity contribution in [2.45, 2.75) is 27.2 Å². The highest BCUT2D eigenvalue weighted by atomic mass is 16.5. The summed E-state index contributed by atoms with van der Waals surface area (Å²) in [5.41, 5.74) is 0.447. The van der Waals surface area contributed by atoms with Gasteiger partial charge in [0.15, 0.2) is 0 Å². The largest absolute Gasteiger partial charge is 0.478 e. The van der Waals surface area contributed by atoms with Gasteiger partial charge in [-0.2, -0.15) is 0 Å². The maximum atomic E-state index is 11.4. The maximum absolute atomic E-state index is 11.4. The first kappa shape index (κ1) is 13.5. The number of esters is 1. The third kappa shape index (κ3) is 4.85. The lowest BCUT2D eigenvalue weighted by Gasteiger charge is -2.07. The van der Waals surface area contributed by atoms with Gasteiger partial charge in [0.2, 0.25) is 5.88 Å². The molecule has 0 radical (unpaired) electrons. The molecular weight excluding hydrogens is 218 g/mol. The van der Waals surface area contributed by atoms with E-state index in [0.29, 0.717) is 30.6 Å². The van der Waals surface area contributed by atoms with E-state index in [0.717, 1.165) is 6.42 Å². The minimum Gasteiger partial charge on any atom is -0.478 e. The van der Waals surface area contributed by atoms with Crippen LogP contribution < -0.4 is 4.74 Å². The van der Waals surface area contributed by atoms with Crippen LogP contribution in [-0.2, 0) is 4.74 Å². The Morgan fingerprint density at radius 1 is 1.41 bits per heavy atom. The lowest BCUT2D eigenvalue weighted by molar-refractivity contribution is 0.0526. The molecule has 4 nitrogen and oxygen atoms in total. The summed E-state index contributed by atoms with van der Waals surface area (Å²) in [6.07, 6.45) is 2.46. The van der Waals surface area contributed by atoms with Crippen LogP contribution >= 0.6 is 0 Å². The van der Waals surface area contributed by atoms with Gasteiger partial charge in [-0.25, -0.2) is 9.78 Å². The van der Waals surface area contributed by atoms with Gasteiger partial charge < -0.3 is 9.47 Å². The van der Waals surface area contributed by atoms with Gasteiger partial charge in [-0.15, -0.1) is 0 Å². The summed E-state index contributed by atoms with van der Waals surface area (Å²) in [4.78, 5) is 15.4. The molecule has 0 saturated heterocycles. The van der Waals surface area contributed by atoms with Crippen LogP contribution in [0.5, 0.6) is 5.88 Å². The first-order valence-electron chi connectivity index (χ1n) is 5.89. The molecule has 0 fully saturated rings. The van der Waals surface area contributed by atoms with Crippen molar-refractivity contribution in [1.29, 1.82) is 0 Å². The number of pyridine rings is 1. The van der Waals surface area contributed by atoms with Crippen LogP contribution in [0.3, 0.4) is 0 Å². The summed E-state index contributed by atoms with van der Waals surface area (Å²) in [7, 11) is 0. The quantitative estimate of drug-likeness (QED) is 0.714. The van der Waals surface area contributed by atoms with E-state index in [1.165, 1.54) is 6.20 Å². The third-order valence-corrected chi connectivity index (χ3v) is 2.19. The lowest BCUT2D eigenvalue weighted by atomic mass is 10.1. The molecule has 0 aliphatic rings. The average Bonchev–Trinajstić information content (AvgIpc) is 2.30. The summed E-state index contributed by atoms with van der Waals surface area (Å²) in [6, 6.07) is 3.35. The summed E-state index contributed by atoms with van der Waals surface area (Å²) < 4.78 is 10.3. The molecule has 4 heteroatoms. The molecule has 1 aromatic heterocycles. The van der Waals surface area contributed by atoms with Gasteiger partial charge in [0.05, 0.1) is 18.8 Å². The van der Waals surface area contributed by atoms with E-state index in [2.05, 4.69) is 18.8 Å². The van der Waals surface area contributed by atoms with Gasteiger partial charge in [-0.3, -0.25) is 0 Å². The zero-order valence-electron chi connectivity index (χ0n) is 10.6. The molecule has 0 N–H and O–H groups in total. The summed E-state index contributed by atoms with van der Waals surface area (Å²) in [6.45, 7) is 7.06. The van der Waals surface area contributed by atoms with Crippen LogP contribution in [0.1, 0.15) is 37.6 Å². The Morgan fingerprint density at radius 3 is 2.71 bits per heavy atom. The van der Waals surface area contributed by atoms with Crippen molar-refractivity contribution < 1.29 is 14.3 Å². The number of ether oxygens (including phenoxy) is 2. The predicted octanol–water partition coefficient (Wildman–Crippen LogP) is 2.68. The smallest absolute Gasteiger partial charge is 0.339 e. The molecule has 0 atom stereocenters. The van der Waals surface area contributed by atoms with E-state index in [1.54, 1.807) is 19.1 Å². The van der Waals surface area contributed by atoms with Crippen molar-refractivity contribution >= 4 is 5.97 Å². The molecule has 0 bridgehead atoms. The standard InChI is InChI=1S/C13H19NO3/c1-4-16-13(15)11-5-6-12(14-9-11)17-8-7-10(2)3/h5-6,9-10H,4,7-8H2,1-3H3. The van der Waals surface area contributed by atoms with Crippen molar-refractivity contribution in [1.82, 2.24) is 4.98 Å². The fourth-order valence-electron chi connectivity index (χ4n) is 1.20. The van der Waals surface area contributed by atoms with Gasteiger partial charge in [-0.05, 0) is 25.3 Å². The van der Waals surface area contributed by atoms with Crippen molar-refractivity contribution in [3.63, 3.8) is 0 Å². The van der Waals surface area contributed by atoms with Crippen LogP contribution in [0.25, 0.3) is 0 Å². The highest BCUT2D eigenvalue weighted by Gasteiger charge is 2.06. The Labute approximate surface area is 102 Å². The first-order valence-corrected chi connectivity index (χ1v) is 5.89. The first-order chi connectivity index (χ1) is 8.13. The van der Waals surface area contributed by atoms with E-state index in [9.17, 15) is 4.79 Å². The molecule has 1 aromatic rings. The second-order valence-electron chi connectivity index (χ2n) is 4.14. The van der Waals surface area contributed by atoms with Gasteiger partial charge in [0.1, 0.15) is 0 Å². The monoisotopic (exact) mass is 237 g/mol. The number of hydrogen-bond acceptors (Lipinski definition) is 4. The number of rotatable bonds is 6. The van der Waals surface area contributed by atoms with Crippen LogP contribution in [-0.4, -0.2) is 24.2 Å². The highest BCUT2D eigenvalue weighted by Crippen LogP contribution is 2.10. The van der Waals surface area contributed by atoms with E-state index < -0.39 is 0 Å². The summed E-state index contributed by atoms with van der Waals surface area (Å²) in [5.74, 6) is 0.793. The lowest BCUT2D eigenvalue weighted by Crippen LogP contribution is -2.06. The molecule has 0 amide bonds. The van der Waals surface area contributed by atoms with Crippen molar-refractivity contribution in [2.75, 3.05) is 13.2 Å². The summed E-state index contributed by atoms with van der Waals surface area (Å²) >= 11 is 0. The number of carbonyl (C=O) groups is 1. The second-order valence-corrected chi connectivity index (χ2v) is 4.14. The molecule has 1 heterocycles. The van der Waals surface area contributed by atoms with Gasteiger partial charge >= 0.3 is 5.97 Å². The Morgan fingerprint density at radius 2 is 2.18 bits per heavy atom. The van der Waals surface area contributed by atoms with E-state index in [-0.39, 0.29) is 5.97 Å². The number of nitrogens with zero attached hydrogens (tertiary/aromatic N) is 1. The molecule has 0 spiro atoms. The van der Waals surface area contributed by atoms with Crippen molar-refractivity contribution in [3.05, 3.63) is 23.9 Å². The topological polar surface area (TPSA) is 48.4 Å². The molecular formula is C13H19NO3. The van der Waals surface area contributed by atoms with Crippen LogP contribution in [0, 0.1) is 5.92 Å².